The molecule has 1 aliphatic rings. The number of para-hydroxylation sites is 1. The van der Waals surface area contributed by atoms with E-state index in [1.165, 1.54) is 16.8 Å². The minimum Gasteiger partial charge on any atom is -0.368 e. The standard InChI is InChI=1S/C27H26N6/c1-19-12-13-20(2)24(18-19)31-14-16-32(17-15-31)26-22-10-6-7-11-23(22)33-27(28-26)25(29-30-33)21-8-4-3-5-9-21/h3-13,18H,14-17H2,1-2H3. The van der Waals surface area contributed by atoms with Gasteiger partial charge in [0.15, 0.2) is 5.65 Å². The summed E-state index contributed by atoms with van der Waals surface area (Å²) in [6.45, 7) is 8.13. The zero-order valence-electron chi connectivity index (χ0n) is 18.9. The minimum atomic E-state index is 0.798. The van der Waals surface area contributed by atoms with Crippen molar-refractivity contribution in [2.45, 2.75) is 13.8 Å². The first-order chi connectivity index (χ1) is 16.2. The molecule has 0 N–H and O–H groups in total. The van der Waals surface area contributed by atoms with Crippen LogP contribution in [0.5, 0.6) is 0 Å². The van der Waals surface area contributed by atoms with Crippen LogP contribution in [0.25, 0.3) is 27.8 Å². The van der Waals surface area contributed by atoms with Crippen molar-refractivity contribution in [1.29, 1.82) is 0 Å². The number of aryl methyl sites for hydroxylation is 2. The van der Waals surface area contributed by atoms with E-state index >= 15 is 0 Å². The molecule has 0 unspecified atom stereocenters. The molecule has 0 radical (unpaired) electrons. The molecule has 6 nitrogen and oxygen atoms in total. The van der Waals surface area contributed by atoms with Gasteiger partial charge in [-0.05, 0) is 43.2 Å². The van der Waals surface area contributed by atoms with Gasteiger partial charge < -0.3 is 9.80 Å². The van der Waals surface area contributed by atoms with Crippen LogP contribution in [0.1, 0.15) is 11.1 Å². The van der Waals surface area contributed by atoms with Crippen LogP contribution in [-0.2, 0) is 0 Å². The summed E-state index contributed by atoms with van der Waals surface area (Å²) in [5.74, 6) is 1.01. The van der Waals surface area contributed by atoms with Gasteiger partial charge in [0.1, 0.15) is 11.5 Å². The summed E-state index contributed by atoms with van der Waals surface area (Å²) in [4.78, 5) is 10.0. The Kier molecular flexibility index (Phi) is 4.72. The third-order valence-electron chi connectivity index (χ3n) is 6.56. The maximum Gasteiger partial charge on any atom is 0.186 e. The van der Waals surface area contributed by atoms with Crippen molar-refractivity contribution >= 4 is 28.1 Å². The van der Waals surface area contributed by atoms with Crippen molar-refractivity contribution < 1.29 is 0 Å². The summed E-state index contributed by atoms with van der Waals surface area (Å²) in [6.07, 6.45) is 0. The lowest BCUT2D eigenvalue weighted by molar-refractivity contribution is 0.648. The minimum absolute atomic E-state index is 0.798. The molecule has 6 rings (SSSR count). The highest BCUT2D eigenvalue weighted by Crippen LogP contribution is 2.31. The van der Waals surface area contributed by atoms with Crippen LogP contribution in [0, 0.1) is 13.8 Å². The lowest BCUT2D eigenvalue weighted by Crippen LogP contribution is -2.47. The summed E-state index contributed by atoms with van der Waals surface area (Å²) in [6, 6.07) is 25.2. The quantitative estimate of drug-likeness (QED) is 0.405. The molecule has 1 fully saturated rings. The Labute approximate surface area is 193 Å². The van der Waals surface area contributed by atoms with Crippen molar-refractivity contribution in [3.8, 4) is 11.3 Å². The summed E-state index contributed by atoms with van der Waals surface area (Å²) in [5.41, 5.74) is 7.65. The second kappa shape index (κ2) is 7.89. The van der Waals surface area contributed by atoms with Gasteiger partial charge in [-0.15, -0.1) is 5.10 Å². The molecule has 2 aromatic heterocycles. The SMILES string of the molecule is Cc1ccc(C)c(N2CCN(c3nc4c(-c5ccccc5)nnn4c4ccccc34)CC2)c1. The van der Waals surface area contributed by atoms with E-state index in [0.29, 0.717) is 0 Å². The van der Waals surface area contributed by atoms with Crippen molar-refractivity contribution in [3.63, 3.8) is 0 Å². The largest absolute Gasteiger partial charge is 0.368 e. The lowest BCUT2D eigenvalue weighted by Gasteiger charge is -2.38. The van der Waals surface area contributed by atoms with E-state index in [4.69, 9.17) is 4.98 Å². The van der Waals surface area contributed by atoms with Gasteiger partial charge in [-0.2, -0.15) is 4.52 Å². The molecule has 0 bridgehead atoms. The molecule has 1 saturated heterocycles. The highest BCUT2D eigenvalue weighted by atomic mass is 15.4. The number of nitrogens with zero attached hydrogens (tertiary/aromatic N) is 6. The maximum atomic E-state index is 5.14. The van der Waals surface area contributed by atoms with E-state index in [9.17, 15) is 0 Å². The van der Waals surface area contributed by atoms with Crippen LogP contribution in [0.4, 0.5) is 11.5 Å². The lowest BCUT2D eigenvalue weighted by atomic mass is 10.1. The second-order valence-electron chi connectivity index (χ2n) is 8.76. The summed E-state index contributed by atoms with van der Waals surface area (Å²) in [7, 11) is 0. The highest BCUT2D eigenvalue weighted by Gasteiger charge is 2.23. The average molecular weight is 435 g/mol. The normalized spacial score (nSPS) is 14.4. The van der Waals surface area contributed by atoms with E-state index in [0.717, 1.165) is 59.8 Å². The number of benzene rings is 3. The van der Waals surface area contributed by atoms with Gasteiger partial charge in [0.2, 0.25) is 0 Å². The first-order valence-corrected chi connectivity index (χ1v) is 11.5. The fourth-order valence-electron chi connectivity index (χ4n) is 4.79. The number of hydrogen-bond donors (Lipinski definition) is 0. The Balaban J connectivity index is 1.40. The third kappa shape index (κ3) is 3.39. The fraction of sp³-hybridized carbons (Fsp3) is 0.222. The molecule has 5 aromatic rings. The predicted molar refractivity (Wildman–Crippen MR) is 134 cm³/mol. The molecule has 0 atom stereocenters. The van der Waals surface area contributed by atoms with Gasteiger partial charge in [-0.1, -0.05) is 59.8 Å². The molecule has 6 heteroatoms. The van der Waals surface area contributed by atoms with Crippen LogP contribution in [-0.4, -0.2) is 46.0 Å². The van der Waals surface area contributed by atoms with Crippen molar-refractivity contribution in [3.05, 3.63) is 83.9 Å². The van der Waals surface area contributed by atoms with Gasteiger partial charge in [0, 0.05) is 42.8 Å². The van der Waals surface area contributed by atoms with Crippen molar-refractivity contribution in [2.24, 2.45) is 0 Å². The van der Waals surface area contributed by atoms with E-state index < -0.39 is 0 Å². The number of piperazine rings is 1. The number of hydrogen-bond acceptors (Lipinski definition) is 5. The molecule has 33 heavy (non-hydrogen) atoms. The van der Waals surface area contributed by atoms with Gasteiger partial charge in [0.25, 0.3) is 0 Å². The Hall–Kier alpha value is -3.93. The molecule has 0 saturated carbocycles. The average Bonchev–Trinajstić information content (AvgIpc) is 3.30. The monoisotopic (exact) mass is 434 g/mol. The molecule has 1 aliphatic heterocycles. The number of fused-ring (bicyclic) bond motifs is 3. The molecular formula is C27H26N6. The molecule has 164 valence electrons. The van der Waals surface area contributed by atoms with Gasteiger partial charge >= 0.3 is 0 Å². The van der Waals surface area contributed by atoms with Gasteiger partial charge in [-0.3, -0.25) is 0 Å². The smallest absolute Gasteiger partial charge is 0.186 e. The van der Waals surface area contributed by atoms with Crippen LogP contribution >= 0.6 is 0 Å². The topological polar surface area (TPSA) is 49.6 Å². The van der Waals surface area contributed by atoms with E-state index in [1.54, 1.807) is 0 Å². The molecular weight excluding hydrogens is 408 g/mol. The molecule has 3 heterocycles. The van der Waals surface area contributed by atoms with Crippen molar-refractivity contribution in [2.75, 3.05) is 36.0 Å². The van der Waals surface area contributed by atoms with E-state index in [1.807, 2.05) is 28.8 Å². The maximum absolute atomic E-state index is 5.14. The van der Waals surface area contributed by atoms with E-state index in [2.05, 4.69) is 82.5 Å². The number of anilines is 2. The first kappa shape index (κ1) is 19.7. The van der Waals surface area contributed by atoms with Crippen molar-refractivity contribution in [1.82, 2.24) is 19.8 Å². The fourth-order valence-corrected chi connectivity index (χ4v) is 4.79. The summed E-state index contributed by atoms with van der Waals surface area (Å²) < 4.78 is 1.87. The van der Waals surface area contributed by atoms with E-state index in [-0.39, 0.29) is 0 Å². The van der Waals surface area contributed by atoms with Crippen LogP contribution in [0.2, 0.25) is 0 Å². The Morgan fingerprint density at radius 3 is 2.30 bits per heavy atom. The molecule has 0 aliphatic carbocycles. The van der Waals surface area contributed by atoms with Crippen LogP contribution in [0.3, 0.4) is 0 Å². The zero-order chi connectivity index (χ0) is 22.4. The summed E-state index contributed by atoms with van der Waals surface area (Å²) >= 11 is 0. The zero-order valence-corrected chi connectivity index (χ0v) is 18.9. The number of rotatable bonds is 3. The predicted octanol–water partition coefficient (Wildman–Crippen LogP) is 4.89. The number of aromatic nitrogens is 4. The Morgan fingerprint density at radius 2 is 1.48 bits per heavy atom. The highest BCUT2D eigenvalue weighted by molar-refractivity contribution is 5.93. The second-order valence-corrected chi connectivity index (χ2v) is 8.76. The van der Waals surface area contributed by atoms with Gasteiger partial charge in [-0.25, -0.2) is 4.98 Å². The third-order valence-corrected chi connectivity index (χ3v) is 6.56. The molecule has 0 spiro atoms. The molecule has 3 aromatic carbocycles. The van der Waals surface area contributed by atoms with Crippen LogP contribution in [0.15, 0.2) is 72.8 Å². The Morgan fingerprint density at radius 1 is 0.758 bits per heavy atom. The summed E-state index contributed by atoms with van der Waals surface area (Å²) in [5, 5.41) is 10.1. The van der Waals surface area contributed by atoms with Gasteiger partial charge in [0.05, 0.1) is 5.52 Å². The molecule has 0 amide bonds. The Bertz CT molecular complexity index is 1450. The first-order valence-electron chi connectivity index (χ1n) is 11.5. The van der Waals surface area contributed by atoms with Crippen LogP contribution < -0.4 is 9.80 Å².